The molecule has 0 unspecified atom stereocenters. The summed E-state index contributed by atoms with van der Waals surface area (Å²) < 4.78 is 5.82. The fraction of sp³-hybridized carbons (Fsp3) is 0.519. The van der Waals surface area contributed by atoms with Gasteiger partial charge in [0, 0.05) is 29.9 Å². The van der Waals surface area contributed by atoms with E-state index in [2.05, 4.69) is 0 Å². The monoisotopic (exact) mass is 449 g/mol. The van der Waals surface area contributed by atoms with E-state index in [1.807, 2.05) is 68.1 Å². The van der Waals surface area contributed by atoms with Gasteiger partial charge in [0.2, 0.25) is 0 Å². The number of anilines is 1. The van der Waals surface area contributed by atoms with E-state index >= 15 is 0 Å². The number of hydrogen-bond donors (Lipinski definition) is 0. The minimum Gasteiger partial charge on any atom is -0.443 e. The lowest BCUT2D eigenvalue weighted by Gasteiger charge is -2.39. The van der Waals surface area contributed by atoms with Crippen LogP contribution in [0.4, 0.5) is 10.6 Å². The molecule has 4 rings (SSSR count). The Hall–Kier alpha value is -2.89. The third-order valence-electron chi connectivity index (χ3n) is 6.47. The summed E-state index contributed by atoms with van der Waals surface area (Å²) in [5.41, 5.74) is 1.03. The highest BCUT2D eigenvalue weighted by Crippen LogP contribution is 2.39. The topological polar surface area (TPSA) is 62.7 Å². The number of hydrogen-bond acceptors (Lipinski definition) is 4. The second-order valence-electron chi connectivity index (χ2n) is 10.1. The first kappa shape index (κ1) is 23.3. The zero-order chi connectivity index (χ0) is 23.4. The van der Waals surface area contributed by atoms with Crippen molar-refractivity contribution >= 4 is 17.8 Å². The number of pyridine rings is 1. The summed E-state index contributed by atoms with van der Waals surface area (Å²) >= 11 is 0. The molecule has 2 heterocycles. The standard InChI is InChI=1S/C27H35N3O3/c1-27(2,3)33-26(32)30(21-14-7-8-15-21)24-22(16-11-18-28-24)23-17-9-10-19-29(23)25(31)20-12-5-4-6-13-20/h4-6,11-13,16,18,21,23H,7-10,14-15,17,19H2,1-3H3/t23-/m1/s1. The Morgan fingerprint density at radius 3 is 2.36 bits per heavy atom. The molecule has 1 aromatic carbocycles. The van der Waals surface area contributed by atoms with E-state index in [1.165, 1.54) is 0 Å². The van der Waals surface area contributed by atoms with Crippen molar-refractivity contribution in [2.24, 2.45) is 0 Å². The number of piperidine rings is 1. The molecule has 6 nitrogen and oxygen atoms in total. The Morgan fingerprint density at radius 1 is 0.970 bits per heavy atom. The summed E-state index contributed by atoms with van der Waals surface area (Å²) in [4.78, 5) is 35.3. The molecule has 1 aromatic heterocycles. The van der Waals surface area contributed by atoms with Crippen molar-refractivity contribution in [1.82, 2.24) is 9.88 Å². The van der Waals surface area contributed by atoms with Crippen LogP contribution in [-0.4, -0.2) is 40.1 Å². The van der Waals surface area contributed by atoms with Gasteiger partial charge < -0.3 is 9.64 Å². The first-order valence-corrected chi connectivity index (χ1v) is 12.2. The molecule has 0 bridgehead atoms. The molecular formula is C27H35N3O3. The molecular weight excluding hydrogens is 414 g/mol. The minimum atomic E-state index is -0.594. The van der Waals surface area contributed by atoms with Crippen LogP contribution < -0.4 is 4.90 Å². The second-order valence-corrected chi connectivity index (χ2v) is 10.1. The van der Waals surface area contributed by atoms with Crippen LogP contribution in [0.15, 0.2) is 48.7 Å². The highest BCUT2D eigenvalue weighted by atomic mass is 16.6. The normalized spacial score (nSPS) is 19.4. The van der Waals surface area contributed by atoms with Gasteiger partial charge in [-0.15, -0.1) is 0 Å². The molecule has 176 valence electrons. The molecule has 1 aliphatic carbocycles. The molecule has 0 radical (unpaired) electrons. The van der Waals surface area contributed by atoms with E-state index in [1.54, 1.807) is 11.1 Å². The Bertz CT molecular complexity index is 964. The van der Waals surface area contributed by atoms with Crippen molar-refractivity contribution in [2.75, 3.05) is 11.4 Å². The third-order valence-corrected chi connectivity index (χ3v) is 6.47. The van der Waals surface area contributed by atoms with Gasteiger partial charge in [-0.3, -0.25) is 9.69 Å². The average Bonchev–Trinajstić information content (AvgIpc) is 3.33. The van der Waals surface area contributed by atoms with Crippen LogP contribution >= 0.6 is 0 Å². The van der Waals surface area contributed by atoms with Crippen LogP contribution in [0.25, 0.3) is 0 Å². The first-order chi connectivity index (χ1) is 15.8. The maximum Gasteiger partial charge on any atom is 0.416 e. The lowest BCUT2D eigenvalue weighted by molar-refractivity contribution is 0.0563. The third kappa shape index (κ3) is 5.37. The molecule has 2 aromatic rings. The fourth-order valence-electron chi connectivity index (χ4n) is 5.00. The fourth-order valence-corrected chi connectivity index (χ4v) is 5.00. The molecule has 6 heteroatoms. The predicted octanol–water partition coefficient (Wildman–Crippen LogP) is 6.13. The quantitative estimate of drug-likeness (QED) is 0.563. The van der Waals surface area contributed by atoms with E-state index in [4.69, 9.17) is 9.72 Å². The van der Waals surface area contributed by atoms with Crippen LogP contribution in [0.5, 0.6) is 0 Å². The lowest BCUT2D eigenvalue weighted by Crippen LogP contribution is -2.45. The van der Waals surface area contributed by atoms with Gasteiger partial charge in [-0.2, -0.15) is 0 Å². The Labute approximate surface area is 196 Å². The number of nitrogens with zero attached hydrogens (tertiary/aromatic N) is 3. The van der Waals surface area contributed by atoms with Crippen LogP contribution in [-0.2, 0) is 4.74 Å². The van der Waals surface area contributed by atoms with Crippen LogP contribution in [0, 0.1) is 0 Å². The summed E-state index contributed by atoms with van der Waals surface area (Å²) in [7, 11) is 0. The number of likely N-dealkylation sites (tertiary alicyclic amines) is 1. The molecule has 0 spiro atoms. The molecule has 33 heavy (non-hydrogen) atoms. The van der Waals surface area contributed by atoms with Crippen molar-refractivity contribution < 1.29 is 14.3 Å². The van der Waals surface area contributed by atoms with Crippen molar-refractivity contribution in [3.8, 4) is 0 Å². The van der Waals surface area contributed by atoms with Gasteiger partial charge in [0.05, 0.1) is 6.04 Å². The Morgan fingerprint density at radius 2 is 1.67 bits per heavy atom. The Balaban J connectivity index is 1.72. The summed E-state index contributed by atoms with van der Waals surface area (Å²) in [6.07, 6.45) is 8.30. The van der Waals surface area contributed by atoms with Crippen LogP contribution in [0.3, 0.4) is 0 Å². The maximum atomic E-state index is 13.4. The number of rotatable bonds is 4. The average molecular weight is 450 g/mol. The summed E-state index contributed by atoms with van der Waals surface area (Å²) in [6.45, 7) is 6.36. The van der Waals surface area contributed by atoms with E-state index in [-0.39, 0.29) is 24.1 Å². The number of aromatic nitrogens is 1. The number of benzene rings is 1. The van der Waals surface area contributed by atoms with Gasteiger partial charge in [0.15, 0.2) is 0 Å². The van der Waals surface area contributed by atoms with Crippen LogP contribution in [0.1, 0.15) is 87.7 Å². The van der Waals surface area contributed by atoms with E-state index in [0.29, 0.717) is 17.9 Å². The lowest BCUT2D eigenvalue weighted by atomic mass is 9.94. The molecule has 1 saturated heterocycles. The summed E-state index contributed by atoms with van der Waals surface area (Å²) in [5, 5.41) is 0. The number of carbonyl (C=O) groups is 2. The van der Waals surface area contributed by atoms with Crippen molar-refractivity contribution in [2.45, 2.75) is 83.4 Å². The number of carbonyl (C=O) groups excluding carboxylic acids is 2. The van der Waals surface area contributed by atoms with Crippen molar-refractivity contribution in [3.05, 3.63) is 59.8 Å². The molecule has 1 aliphatic heterocycles. The van der Waals surface area contributed by atoms with Gasteiger partial charge in [-0.05, 0) is 71.1 Å². The highest BCUT2D eigenvalue weighted by molar-refractivity contribution is 5.95. The largest absolute Gasteiger partial charge is 0.443 e. The SMILES string of the molecule is CC(C)(C)OC(=O)N(c1ncccc1[C@H]1CCCCN1C(=O)c1ccccc1)C1CCCC1. The highest BCUT2D eigenvalue weighted by Gasteiger charge is 2.37. The van der Waals surface area contributed by atoms with Gasteiger partial charge in [0.25, 0.3) is 5.91 Å². The zero-order valence-electron chi connectivity index (χ0n) is 20.0. The molecule has 0 N–H and O–H groups in total. The molecule has 2 amide bonds. The molecule has 2 fully saturated rings. The Kier molecular flexibility index (Phi) is 7.01. The van der Waals surface area contributed by atoms with Gasteiger partial charge >= 0.3 is 6.09 Å². The van der Waals surface area contributed by atoms with Gasteiger partial charge in [0.1, 0.15) is 11.4 Å². The maximum absolute atomic E-state index is 13.4. The zero-order valence-corrected chi connectivity index (χ0v) is 20.0. The minimum absolute atomic E-state index is 0.0276. The van der Waals surface area contributed by atoms with E-state index < -0.39 is 5.60 Å². The van der Waals surface area contributed by atoms with Gasteiger partial charge in [-0.1, -0.05) is 37.1 Å². The predicted molar refractivity (Wildman–Crippen MR) is 129 cm³/mol. The second kappa shape index (κ2) is 9.94. The smallest absolute Gasteiger partial charge is 0.416 e. The summed E-state index contributed by atoms with van der Waals surface area (Å²) in [5.74, 6) is 0.663. The van der Waals surface area contributed by atoms with Crippen molar-refractivity contribution in [1.29, 1.82) is 0 Å². The van der Waals surface area contributed by atoms with E-state index in [0.717, 1.165) is 50.5 Å². The molecule has 2 aliphatic rings. The number of ether oxygens (including phenoxy) is 1. The molecule has 1 saturated carbocycles. The van der Waals surface area contributed by atoms with Gasteiger partial charge in [-0.25, -0.2) is 9.78 Å². The summed E-state index contributed by atoms with van der Waals surface area (Å²) in [6, 6.07) is 13.3. The first-order valence-electron chi connectivity index (χ1n) is 12.2. The number of amides is 2. The van der Waals surface area contributed by atoms with Crippen LogP contribution in [0.2, 0.25) is 0 Å². The molecule has 1 atom stereocenters. The van der Waals surface area contributed by atoms with Crippen molar-refractivity contribution in [3.63, 3.8) is 0 Å². The van der Waals surface area contributed by atoms with E-state index in [9.17, 15) is 9.59 Å².